The SMILES string of the molecule is COc1ccc(C(=O)Nc2nnc(-c3ccc(F)cc3)s2)cc1OC. The third-order valence-corrected chi connectivity index (χ3v) is 4.27. The molecule has 0 saturated heterocycles. The van der Waals surface area contributed by atoms with E-state index < -0.39 is 0 Å². The summed E-state index contributed by atoms with van der Waals surface area (Å²) in [5.74, 6) is 0.325. The Bertz CT molecular complexity index is 896. The highest BCUT2D eigenvalue weighted by Gasteiger charge is 2.14. The van der Waals surface area contributed by atoms with Crippen LogP contribution in [-0.4, -0.2) is 30.3 Å². The normalized spacial score (nSPS) is 10.4. The standard InChI is InChI=1S/C17H14FN3O3S/c1-23-13-8-5-11(9-14(13)24-2)15(22)19-17-21-20-16(25-17)10-3-6-12(18)7-4-10/h3-9H,1-2H3,(H,19,21,22). The molecule has 0 radical (unpaired) electrons. The summed E-state index contributed by atoms with van der Waals surface area (Å²) in [4.78, 5) is 12.4. The minimum Gasteiger partial charge on any atom is -0.493 e. The Morgan fingerprint density at radius 1 is 1.04 bits per heavy atom. The molecule has 1 aromatic heterocycles. The number of ether oxygens (including phenoxy) is 2. The van der Waals surface area contributed by atoms with Crippen molar-refractivity contribution in [1.29, 1.82) is 0 Å². The molecular weight excluding hydrogens is 345 g/mol. The van der Waals surface area contributed by atoms with Gasteiger partial charge in [-0.2, -0.15) is 0 Å². The van der Waals surface area contributed by atoms with Gasteiger partial charge in [-0.05, 0) is 42.5 Å². The molecule has 0 aliphatic carbocycles. The van der Waals surface area contributed by atoms with E-state index in [-0.39, 0.29) is 11.7 Å². The number of anilines is 1. The Morgan fingerprint density at radius 3 is 2.44 bits per heavy atom. The van der Waals surface area contributed by atoms with Gasteiger partial charge >= 0.3 is 0 Å². The predicted octanol–water partition coefficient (Wildman–Crippen LogP) is 3.61. The second-order valence-electron chi connectivity index (χ2n) is 4.94. The summed E-state index contributed by atoms with van der Waals surface area (Å²) < 4.78 is 23.3. The van der Waals surface area contributed by atoms with Crippen molar-refractivity contribution in [1.82, 2.24) is 10.2 Å². The Kier molecular flexibility index (Phi) is 4.90. The van der Waals surface area contributed by atoms with Crippen molar-refractivity contribution < 1.29 is 18.7 Å². The van der Waals surface area contributed by atoms with E-state index in [4.69, 9.17) is 9.47 Å². The van der Waals surface area contributed by atoms with Gasteiger partial charge in [0, 0.05) is 11.1 Å². The molecule has 0 aliphatic rings. The van der Waals surface area contributed by atoms with Crippen LogP contribution in [-0.2, 0) is 0 Å². The monoisotopic (exact) mass is 359 g/mol. The molecule has 128 valence electrons. The molecule has 0 bridgehead atoms. The first kappa shape index (κ1) is 16.8. The zero-order valence-corrected chi connectivity index (χ0v) is 14.3. The van der Waals surface area contributed by atoms with Crippen molar-refractivity contribution in [2.75, 3.05) is 19.5 Å². The number of hydrogen-bond donors (Lipinski definition) is 1. The highest BCUT2D eigenvalue weighted by molar-refractivity contribution is 7.18. The highest BCUT2D eigenvalue weighted by atomic mass is 32.1. The van der Waals surface area contributed by atoms with Crippen molar-refractivity contribution in [3.8, 4) is 22.1 Å². The van der Waals surface area contributed by atoms with E-state index in [0.717, 1.165) is 5.56 Å². The van der Waals surface area contributed by atoms with Crippen LogP contribution in [0, 0.1) is 5.82 Å². The van der Waals surface area contributed by atoms with Gasteiger partial charge in [0.1, 0.15) is 10.8 Å². The van der Waals surface area contributed by atoms with Gasteiger partial charge in [0.15, 0.2) is 11.5 Å². The number of carbonyl (C=O) groups excluding carboxylic acids is 1. The van der Waals surface area contributed by atoms with E-state index in [2.05, 4.69) is 15.5 Å². The topological polar surface area (TPSA) is 73.3 Å². The maximum atomic E-state index is 13.0. The molecule has 2 aromatic carbocycles. The fourth-order valence-corrected chi connectivity index (χ4v) is 2.87. The summed E-state index contributed by atoms with van der Waals surface area (Å²) in [6, 6.07) is 10.8. The van der Waals surface area contributed by atoms with E-state index >= 15 is 0 Å². The quantitative estimate of drug-likeness (QED) is 0.753. The number of hydrogen-bond acceptors (Lipinski definition) is 6. The average molecular weight is 359 g/mol. The molecule has 0 atom stereocenters. The zero-order chi connectivity index (χ0) is 17.8. The van der Waals surface area contributed by atoms with Crippen molar-refractivity contribution in [2.45, 2.75) is 0 Å². The second-order valence-corrected chi connectivity index (χ2v) is 5.92. The van der Waals surface area contributed by atoms with Crippen LogP contribution in [0.25, 0.3) is 10.6 Å². The van der Waals surface area contributed by atoms with Gasteiger partial charge in [0.05, 0.1) is 14.2 Å². The highest BCUT2D eigenvalue weighted by Crippen LogP contribution is 2.29. The molecule has 1 N–H and O–H groups in total. The summed E-state index contributed by atoms with van der Waals surface area (Å²) in [6.07, 6.45) is 0. The van der Waals surface area contributed by atoms with Crippen LogP contribution in [0.15, 0.2) is 42.5 Å². The molecule has 1 amide bonds. The van der Waals surface area contributed by atoms with E-state index in [1.165, 1.54) is 37.7 Å². The Hall–Kier alpha value is -3.00. The smallest absolute Gasteiger partial charge is 0.257 e. The lowest BCUT2D eigenvalue weighted by Crippen LogP contribution is -2.11. The fourth-order valence-electron chi connectivity index (χ4n) is 2.13. The number of benzene rings is 2. The number of nitrogens with zero attached hydrogens (tertiary/aromatic N) is 2. The molecule has 25 heavy (non-hydrogen) atoms. The van der Waals surface area contributed by atoms with Gasteiger partial charge in [-0.3, -0.25) is 10.1 Å². The number of carbonyl (C=O) groups is 1. The van der Waals surface area contributed by atoms with Crippen molar-refractivity contribution in [3.63, 3.8) is 0 Å². The number of nitrogens with one attached hydrogen (secondary N) is 1. The molecule has 0 aliphatic heterocycles. The van der Waals surface area contributed by atoms with E-state index in [9.17, 15) is 9.18 Å². The lowest BCUT2D eigenvalue weighted by atomic mass is 10.2. The van der Waals surface area contributed by atoms with Crippen molar-refractivity contribution in [3.05, 3.63) is 53.8 Å². The van der Waals surface area contributed by atoms with Crippen molar-refractivity contribution >= 4 is 22.4 Å². The summed E-state index contributed by atoms with van der Waals surface area (Å²) in [5, 5.41) is 11.6. The maximum absolute atomic E-state index is 13.0. The van der Waals surface area contributed by atoms with Crippen LogP contribution in [0.5, 0.6) is 11.5 Å². The third-order valence-electron chi connectivity index (χ3n) is 3.38. The van der Waals surface area contributed by atoms with Crippen LogP contribution in [0.2, 0.25) is 0 Å². The molecule has 3 rings (SSSR count). The summed E-state index contributed by atoms with van der Waals surface area (Å²) in [6.45, 7) is 0. The van der Waals surface area contributed by atoms with E-state index in [0.29, 0.717) is 27.2 Å². The molecule has 3 aromatic rings. The number of aromatic nitrogens is 2. The van der Waals surface area contributed by atoms with Crippen molar-refractivity contribution in [2.24, 2.45) is 0 Å². The van der Waals surface area contributed by atoms with E-state index in [1.54, 1.807) is 30.3 Å². The summed E-state index contributed by atoms with van der Waals surface area (Å²) in [7, 11) is 3.02. The van der Waals surface area contributed by atoms with Gasteiger partial charge in [-0.15, -0.1) is 10.2 Å². The van der Waals surface area contributed by atoms with Crippen LogP contribution in [0.1, 0.15) is 10.4 Å². The zero-order valence-electron chi connectivity index (χ0n) is 13.4. The maximum Gasteiger partial charge on any atom is 0.257 e. The summed E-state index contributed by atoms with van der Waals surface area (Å²) >= 11 is 1.20. The number of halogens is 1. The fraction of sp³-hybridized carbons (Fsp3) is 0.118. The molecule has 6 nitrogen and oxygen atoms in total. The van der Waals surface area contributed by atoms with Gasteiger partial charge in [0.25, 0.3) is 5.91 Å². The third kappa shape index (κ3) is 3.74. The van der Waals surface area contributed by atoms with Gasteiger partial charge < -0.3 is 9.47 Å². The minimum absolute atomic E-state index is 0.324. The Balaban J connectivity index is 1.76. The molecule has 1 heterocycles. The lowest BCUT2D eigenvalue weighted by molar-refractivity contribution is 0.102. The Morgan fingerprint density at radius 2 is 1.76 bits per heavy atom. The van der Waals surface area contributed by atoms with Gasteiger partial charge in [-0.1, -0.05) is 11.3 Å². The minimum atomic E-state index is -0.345. The molecule has 8 heteroatoms. The molecule has 0 unspecified atom stereocenters. The Labute approximate surface area is 147 Å². The molecule has 0 fully saturated rings. The largest absolute Gasteiger partial charge is 0.493 e. The first-order valence-electron chi connectivity index (χ1n) is 7.23. The van der Waals surface area contributed by atoms with Crippen LogP contribution >= 0.6 is 11.3 Å². The predicted molar refractivity (Wildman–Crippen MR) is 92.8 cm³/mol. The first-order valence-corrected chi connectivity index (χ1v) is 8.05. The lowest BCUT2D eigenvalue weighted by Gasteiger charge is -2.08. The summed E-state index contributed by atoms with van der Waals surface area (Å²) in [5.41, 5.74) is 1.13. The number of methoxy groups -OCH3 is 2. The molecule has 0 spiro atoms. The van der Waals surface area contributed by atoms with E-state index in [1.807, 2.05) is 0 Å². The molecule has 0 saturated carbocycles. The first-order chi connectivity index (χ1) is 12.1. The number of amides is 1. The average Bonchev–Trinajstić information content (AvgIpc) is 3.10. The van der Waals surface area contributed by atoms with Gasteiger partial charge in [0.2, 0.25) is 5.13 Å². The second kappa shape index (κ2) is 7.27. The number of rotatable bonds is 5. The van der Waals surface area contributed by atoms with Crippen LogP contribution in [0.4, 0.5) is 9.52 Å². The van der Waals surface area contributed by atoms with Gasteiger partial charge in [-0.25, -0.2) is 4.39 Å². The molecular formula is C17H14FN3O3S. The van der Waals surface area contributed by atoms with Crippen LogP contribution < -0.4 is 14.8 Å². The van der Waals surface area contributed by atoms with Crippen LogP contribution in [0.3, 0.4) is 0 Å².